The van der Waals surface area contributed by atoms with Gasteiger partial charge >= 0.3 is 0 Å². The van der Waals surface area contributed by atoms with Crippen LogP contribution < -0.4 is 9.64 Å². The van der Waals surface area contributed by atoms with Crippen LogP contribution in [0.25, 0.3) is 0 Å². The molecule has 2 aromatic carbocycles. The highest BCUT2D eigenvalue weighted by atomic mass is 35.5. The van der Waals surface area contributed by atoms with Gasteiger partial charge in [-0.15, -0.1) is 11.3 Å². The lowest BCUT2D eigenvalue weighted by Crippen LogP contribution is -2.29. The summed E-state index contributed by atoms with van der Waals surface area (Å²) in [5.74, 6) is -0.217. The maximum atomic E-state index is 14.3. The van der Waals surface area contributed by atoms with Crippen molar-refractivity contribution in [2.75, 3.05) is 18.1 Å². The van der Waals surface area contributed by atoms with Crippen molar-refractivity contribution in [1.29, 1.82) is 0 Å². The van der Waals surface area contributed by atoms with E-state index in [0.29, 0.717) is 40.3 Å². The van der Waals surface area contributed by atoms with Gasteiger partial charge in [-0.3, -0.25) is 0 Å². The van der Waals surface area contributed by atoms with Gasteiger partial charge in [-0.1, -0.05) is 11.6 Å². The molecule has 0 radical (unpaired) electrons. The van der Waals surface area contributed by atoms with Gasteiger partial charge in [-0.2, -0.15) is 0 Å². The van der Waals surface area contributed by atoms with Gasteiger partial charge in [0.05, 0.1) is 22.8 Å². The Morgan fingerprint density at radius 1 is 1.22 bits per heavy atom. The van der Waals surface area contributed by atoms with E-state index in [-0.39, 0.29) is 10.6 Å². The van der Waals surface area contributed by atoms with Crippen LogP contribution in [0.4, 0.5) is 15.8 Å². The summed E-state index contributed by atoms with van der Waals surface area (Å²) in [6.45, 7) is 0.752. The number of anilines is 2. The third-order valence-electron chi connectivity index (χ3n) is 4.15. The largest absolute Gasteiger partial charge is 0.489 e. The normalized spacial score (nSPS) is 13.9. The number of aromatic nitrogens is 1. The molecule has 2 heterocycles. The molecule has 0 saturated heterocycles. The quantitative estimate of drug-likeness (QED) is 0.619. The number of hydrogen-bond donors (Lipinski definition) is 0. The van der Waals surface area contributed by atoms with E-state index in [1.54, 1.807) is 34.7 Å². The minimum Gasteiger partial charge on any atom is -0.489 e. The molecule has 0 unspecified atom stereocenters. The predicted molar refractivity (Wildman–Crippen MR) is 103 cm³/mol. The van der Waals surface area contributed by atoms with Gasteiger partial charge < -0.3 is 9.64 Å². The molecule has 140 valence electrons. The number of thiazole rings is 1. The maximum absolute atomic E-state index is 14.3. The van der Waals surface area contributed by atoms with Crippen LogP contribution in [0, 0.1) is 5.82 Å². The van der Waals surface area contributed by atoms with Crippen LogP contribution in [0.1, 0.15) is 5.01 Å². The highest BCUT2D eigenvalue weighted by molar-refractivity contribution is 7.90. The van der Waals surface area contributed by atoms with Gasteiger partial charge in [0.15, 0.2) is 9.84 Å². The highest BCUT2D eigenvalue weighted by Crippen LogP contribution is 2.39. The number of hydrogen-bond acceptors (Lipinski definition) is 6. The predicted octanol–water partition coefficient (Wildman–Crippen LogP) is 4.44. The Hall–Kier alpha value is -2.16. The molecule has 1 aliphatic heterocycles. The van der Waals surface area contributed by atoms with E-state index >= 15 is 0 Å². The molecule has 0 N–H and O–H groups in total. The summed E-state index contributed by atoms with van der Waals surface area (Å²) in [7, 11) is -3.55. The summed E-state index contributed by atoms with van der Waals surface area (Å²) < 4.78 is 45.3. The van der Waals surface area contributed by atoms with Gasteiger partial charge in [0.1, 0.15) is 28.9 Å². The zero-order valence-corrected chi connectivity index (χ0v) is 16.3. The van der Waals surface area contributed by atoms with Gasteiger partial charge in [0, 0.05) is 22.7 Å². The van der Waals surface area contributed by atoms with Gasteiger partial charge in [0.25, 0.3) is 0 Å². The van der Waals surface area contributed by atoms with Crippen molar-refractivity contribution in [2.45, 2.75) is 10.6 Å². The van der Waals surface area contributed by atoms with E-state index in [4.69, 9.17) is 16.3 Å². The fourth-order valence-electron chi connectivity index (χ4n) is 2.91. The van der Waals surface area contributed by atoms with Gasteiger partial charge in [-0.05, 0) is 30.3 Å². The first-order chi connectivity index (χ1) is 12.9. The van der Waals surface area contributed by atoms with Crippen molar-refractivity contribution >= 4 is 44.1 Å². The Morgan fingerprint density at radius 3 is 2.78 bits per heavy atom. The second kappa shape index (κ2) is 7.10. The second-order valence-corrected chi connectivity index (χ2v) is 9.32. The van der Waals surface area contributed by atoms with Crippen molar-refractivity contribution in [3.63, 3.8) is 0 Å². The molecule has 1 aromatic heterocycles. The zero-order valence-electron chi connectivity index (χ0n) is 13.9. The standard InChI is InChI=1S/C18H14ClFN2O3S2/c19-12-1-3-15(14(20)9-12)22-6-7-25-17-10-13(2-4-16(17)22)27(23,24)11-18-21-5-8-26-18/h1-5,8-10H,6-7,11H2. The molecule has 0 spiro atoms. The van der Waals surface area contributed by atoms with E-state index in [0.717, 1.165) is 0 Å². The molecular formula is C18H14ClFN2O3S2. The number of ether oxygens (including phenoxy) is 1. The molecular weight excluding hydrogens is 411 g/mol. The van der Waals surface area contributed by atoms with Crippen LogP contribution >= 0.6 is 22.9 Å². The number of sulfone groups is 1. The summed E-state index contributed by atoms with van der Waals surface area (Å²) >= 11 is 7.12. The first-order valence-electron chi connectivity index (χ1n) is 8.04. The Morgan fingerprint density at radius 2 is 2.04 bits per heavy atom. The number of benzene rings is 2. The molecule has 0 amide bonds. The van der Waals surface area contributed by atoms with Crippen molar-refractivity contribution in [3.8, 4) is 5.75 Å². The fraction of sp³-hybridized carbons (Fsp3) is 0.167. The number of halogens is 2. The molecule has 0 bridgehead atoms. The minimum atomic E-state index is -3.55. The molecule has 0 aliphatic carbocycles. The third kappa shape index (κ3) is 3.65. The van der Waals surface area contributed by atoms with E-state index in [1.165, 1.54) is 29.5 Å². The topological polar surface area (TPSA) is 59.5 Å². The van der Waals surface area contributed by atoms with E-state index in [2.05, 4.69) is 4.98 Å². The van der Waals surface area contributed by atoms with Crippen LogP contribution in [0.2, 0.25) is 5.02 Å². The number of rotatable bonds is 4. The molecule has 27 heavy (non-hydrogen) atoms. The molecule has 0 saturated carbocycles. The lowest BCUT2D eigenvalue weighted by atomic mass is 10.2. The Kier molecular flexibility index (Phi) is 4.79. The third-order valence-corrected chi connectivity index (χ3v) is 6.97. The van der Waals surface area contributed by atoms with Gasteiger partial charge in [-0.25, -0.2) is 17.8 Å². The zero-order chi connectivity index (χ0) is 19.0. The first-order valence-corrected chi connectivity index (χ1v) is 11.0. The molecule has 1 aliphatic rings. The van der Waals surface area contributed by atoms with Crippen molar-refractivity contribution in [2.24, 2.45) is 0 Å². The number of fused-ring (bicyclic) bond motifs is 1. The summed E-state index contributed by atoms with van der Waals surface area (Å²) in [5.41, 5.74) is 0.970. The average molecular weight is 425 g/mol. The summed E-state index contributed by atoms with van der Waals surface area (Å²) in [5, 5.41) is 2.58. The SMILES string of the molecule is O=S(=O)(Cc1nccs1)c1ccc2c(c1)OCCN2c1ccc(Cl)cc1F. The molecule has 9 heteroatoms. The second-order valence-electron chi connectivity index (χ2n) is 5.91. The Labute approximate surface area is 164 Å². The molecule has 4 rings (SSSR count). The van der Waals surface area contributed by atoms with Crippen molar-refractivity contribution in [3.05, 3.63) is 63.8 Å². The Balaban J connectivity index is 1.70. The monoisotopic (exact) mass is 424 g/mol. The van der Waals surface area contributed by atoms with E-state index in [1.807, 2.05) is 0 Å². The maximum Gasteiger partial charge on any atom is 0.185 e. The average Bonchev–Trinajstić information content (AvgIpc) is 3.13. The smallest absolute Gasteiger partial charge is 0.185 e. The fourth-order valence-corrected chi connectivity index (χ4v) is 5.34. The lowest BCUT2D eigenvalue weighted by molar-refractivity contribution is 0.312. The summed E-state index contributed by atoms with van der Waals surface area (Å²) in [6.07, 6.45) is 1.57. The summed E-state index contributed by atoms with van der Waals surface area (Å²) in [6, 6.07) is 9.09. The molecule has 5 nitrogen and oxygen atoms in total. The molecule has 0 atom stereocenters. The van der Waals surface area contributed by atoms with Crippen molar-refractivity contribution in [1.82, 2.24) is 4.98 Å². The van der Waals surface area contributed by atoms with Crippen LogP contribution in [-0.4, -0.2) is 26.6 Å². The Bertz CT molecular complexity index is 1090. The lowest BCUT2D eigenvalue weighted by Gasteiger charge is -2.31. The van der Waals surface area contributed by atoms with Crippen LogP contribution in [-0.2, 0) is 15.6 Å². The van der Waals surface area contributed by atoms with Crippen molar-refractivity contribution < 1.29 is 17.5 Å². The van der Waals surface area contributed by atoms with Gasteiger partial charge in [0.2, 0.25) is 0 Å². The van der Waals surface area contributed by atoms with Crippen LogP contribution in [0.15, 0.2) is 52.9 Å². The van der Waals surface area contributed by atoms with E-state index < -0.39 is 15.7 Å². The van der Waals surface area contributed by atoms with E-state index in [9.17, 15) is 12.8 Å². The van der Waals surface area contributed by atoms with Crippen LogP contribution in [0.5, 0.6) is 5.75 Å². The highest BCUT2D eigenvalue weighted by Gasteiger charge is 2.25. The summed E-state index contributed by atoms with van der Waals surface area (Å²) in [4.78, 5) is 5.93. The molecule has 3 aromatic rings. The van der Waals surface area contributed by atoms with Crippen LogP contribution in [0.3, 0.4) is 0 Å². The minimum absolute atomic E-state index is 0.148. The number of nitrogens with zero attached hydrogens (tertiary/aromatic N) is 2. The molecule has 0 fully saturated rings. The first kappa shape index (κ1) is 18.2.